The number of thiophene rings is 1. The Morgan fingerprint density at radius 3 is 2.62 bits per heavy atom. The minimum atomic E-state index is 0.312. The Bertz CT molecular complexity index is 825. The Morgan fingerprint density at radius 1 is 1.08 bits per heavy atom. The number of benzene rings is 1. The largest absolute Gasteiger partial charge is 0.496 e. The molecule has 0 bridgehead atoms. The van der Waals surface area contributed by atoms with Gasteiger partial charge in [-0.05, 0) is 29.6 Å². The molecule has 0 atom stereocenters. The number of para-hydroxylation sites is 1. The number of hydrogen-bond donors (Lipinski definition) is 0. The molecule has 2 heterocycles. The Kier molecular flexibility index (Phi) is 5.04. The molecule has 5 nitrogen and oxygen atoms in total. The average Bonchev–Trinajstić information content (AvgIpc) is 3.15. The molecule has 120 valence electrons. The summed E-state index contributed by atoms with van der Waals surface area (Å²) in [6.45, 7) is 1.36. The fraction of sp³-hybridized carbons (Fsp3) is 0.167. The molecule has 1 aromatic carbocycles. The number of anilines is 1. The van der Waals surface area contributed by atoms with Crippen LogP contribution < -0.4 is 9.64 Å². The molecule has 0 saturated carbocycles. The van der Waals surface area contributed by atoms with E-state index in [0.29, 0.717) is 12.2 Å². The molecule has 3 rings (SSSR count). The third-order valence-electron chi connectivity index (χ3n) is 3.57. The SMILES string of the molecule is COc1ccccc1CN(Cc1cccs1)c1ccc(C#N)nn1. The van der Waals surface area contributed by atoms with Gasteiger partial charge in [-0.1, -0.05) is 24.3 Å². The van der Waals surface area contributed by atoms with Crippen LogP contribution in [0.5, 0.6) is 5.75 Å². The fourth-order valence-corrected chi connectivity index (χ4v) is 3.12. The number of methoxy groups -OCH3 is 1. The minimum absolute atomic E-state index is 0.312. The van der Waals surface area contributed by atoms with Crippen LogP contribution >= 0.6 is 11.3 Å². The van der Waals surface area contributed by atoms with Gasteiger partial charge in [-0.2, -0.15) is 5.26 Å². The van der Waals surface area contributed by atoms with Gasteiger partial charge in [-0.25, -0.2) is 0 Å². The second-order valence-electron chi connectivity index (χ2n) is 5.14. The molecule has 0 N–H and O–H groups in total. The van der Waals surface area contributed by atoms with Crippen LogP contribution in [0.3, 0.4) is 0 Å². The Hall–Kier alpha value is -2.91. The number of hydrogen-bond acceptors (Lipinski definition) is 6. The molecular weight excluding hydrogens is 320 g/mol. The maximum Gasteiger partial charge on any atom is 0.163 e. The molecule has 0 aliphatic heterocycles. The predicted octanol–water partition coefficient (Wildman–Crippen LogP) is 3.63. The van der Waals surface area contributed by atoms with Crippen molar-refractivity contribution in [3.63, 3.8) is 0 Å². The Labute approximate surface area is 144 Å². The van der Waals surface area contributed by atoms with E-state index >= 15 is 0 Å². The van der Waals surface area contributed by atoms with Crippen LogP contribution in [0.2, 0.25) is 0 Å². The predicted molar refractivity (Wildman–Crippen MR) is 93.9 cm³/mol. The summed E-state index contributed by atoms with van der Waals surface area (Å²) in [6.07, 6.45) is 0. The lowest BCUT2D eigenvalue weighted by Crippen LogP contribution is -2.23. The van der Waals surface area contributed by atoms with Crippen LogP contribution in [0, 0.1) is 11.3 Å². The van der Waals surface area contributed by atoms with Crippen molar-refractivity contribution in [1.29, 1.82) is 5.26 Å². The van der Waals surface area contributed by atoms with Crippen molar-refractivity contribution >= 4 is 17.2 Å². The molecule has 0 fully saturated rings. The summed E-state index contributed by atoms with van der Waals surface area (Å²) in [5.41, 5.74) is 1.38. The van der Waals surface area contributed by atoms with E-state index in [9.17, 15) is 0 Å². The van der Waals surface area contributed by atoms with Crippen LogP contribution in [-0.2, 0) is 13.1 Å². The van der Waals surface area contributed by atoms with E-state index in [1.807, 2.05) is 42.5 Å². The smallest absolute Gasteiger partial charge is 0.163 e. The Morgan fingerprint density at radius 2 is 1.96 bits per heavy atom. The van der Waals surface area contributed by atoms with E-state index in [4.69, 9.17) is 10.00 Å². The van der Waals surface area contributed by atoms with Gasteiger partial charge in [0, 0.05) is 17.0 Å². The summed E-state index contributed by atoms with van der Waals surface area (Å²) in [5.74, 6) is 1.57. The number of aromatic nitrogens is 2. The van der Waals surface area contributed by atoms with Gasteiger partial charge in [0.2, 0.25) is 0 Å². The number of rotatable bonds is 6. The number of ether oxygens (including phenoxy) is 1. The van der Waals surface area contributed by atoms with E-state index in [2.05, 4.69) is 26.5 Å². The van der Waals surface area contributed by atoms with Gasteiger partial charge < -0.3 is 9.64 Å². The summed E-state index contributed by atoms with van der Waals surface area (Å²) >= 11 is 1.70. The zero-order valence-corrected chi connectivity index (χ0v) is 14.0. The van der Waals surface area contributed by atoms with Crippen molar-refractivity contribution in [2.75, 3.05) is 12.0 Å². The van der Waals surface area contributed by atoms with E-state index in [1.165, 1.54) is 4.88 Å². The first kappa shape index (κ1) is 16.0. The second-order valence-corrected chi connectivity index (χ2v) is 6.17. The lowest BCUT2D eigenvalue weighted by atomic mass is 10.2. The van der Waals surface area contributed by atoms with Gasteiger partial charge in [-0.3, -0.25) is 0 Å². The summed E-state index contributed by atoms with van der Waals surface area (Å²) < 4.78 is 5.45. The van der Waals surface area contributed by atoms with Crippen molar-refractivity contribution in [3.05, 3.63) is 70.0 Å². The van der Waals surface area contributed by atoms with Gasteiger partial charge in [0.25, 0.3) is 0 Å². The van der Waals surface area contributed by atoms with Crippen LogP contribution in [0.25, 0.3) is 0 Å². The first-order valence-corrected chi connectivity index (χ1v) is 8.31. The monoisotopic (exact) mass is 336 g/mol. The maximum atomic E-state index is 8.90. The molecule has 3 aromatic rings. The Balaban J connectivity index is 1.90. The van der Waals surface area contributed by atoms with Gasteiger partial charge in [0.15, 0.2) is 11.5 Å². The summed E-state index contributed by atoms with van der Waals surface area (Å²) in [7, 11) is 1.67. The van der Waals surface area contributed by atoms with Crippen LogP contribution in [0.4, 0.5) is 5.82 Å². The van der Waals surface area contributed by atoms with Crippen LogP contribution in [-0.4, -0.2) is 17.3 Å². The average molecular weight is 336 g/mol. The van der Waals surface area contributed by atoms with E-state index in [1.54, 1.807) is 24.5 Å². The summed E-state index contributed by atoms with van der Waals surface area (Å²) in [4.78, 5) is 3.36. The molecule has 0 aliphatic rings. The van der Waals surface area contributed by atoms with Crippen molar-refractivity contribution < 1.29 is 4.74 Å². The van der Waals surface area contributed by atoms with Gasteiger partial charge in [0.05, 0.1) is 13.7 Å². The van der Waals surface area contributed by atoms with Crippen molar-refractivity contribution in [2.24, 2.45) is 0 Å². The molecule has 0 amide bonds. The minimum Gasteiger partial charge on any atom is -0.496 e. The quantitative estimate of drug-likeness (QED) is 0.688. The van der Waals surface area contributed by atoms with Gasteiger partial charge in [0.1, 0.15) is 11.8 Å². The van der Waals surface area contributed by atoms with Crippen molar-refractivity contribution in [1.82, 2.24) is 10.2 Å². The van der Waals surface area contributed by atoms with Gasteiger partial charge >= 0.3 is 0 Å². The molecule has 0 unspecified atom stereocenters. The third-order valence-corrected chi connectivity index (χ3v) is 4.43. The lowest BCUT2D eigenvalue weighted by molar-refractivity contribution is 0.409. The molecule has 6 heteroatoms. The highest BCUT2D eigenvalue weighted by molar-refractivity contribution is 7.09. The molecule has 0 saturated heterocycles. The highest BCUT2D eigenvalue weighted by Crippen LogP contribution is 2.24. The molecule has 0 aliphatic carbocycles. The topological polar surface area (TPSA) is 62.0 Å². The summed E-state index contributed by atoms with van der Waals surface area (Å²) in [5, 5.41) is 19.1. The molecule has 0 radical (unpaired) electrons. The van der Waals surface area contributed by atoms with Crippen LogP contribution in [0.15, 0.2) is 53.9 Å². The van der Waals surface area contributed by atoms with Gasteiger partial charge in [-0.15, -0.1) is 21.5 Å². The lowest BCUT2D eigenvalue weighted by Gasteiger charge is -2.23. The second kappa shape index (κ2) is 7.57. The molecule has 0 spiro atoms. The fourth-order valence-electron chi connectivity index (χ4n) is 2.40. The first-order chi connectivity index (χ1) is 11.8. The van der Waals surface area contributed by atoms with Crippen molar-refractivity contribution in [3.8, 4) is 11.8 Å². The van der Waals surface area contributed by atoms with E-state index in [0.717, 1.165) is 23.7 Å². The highest BCUT2D eigenvalue weighted by Gasteiger charge is 2.13. The normalized spacial score (nSPS) is 10.2. The van der Waals surface area contributed by atoms with Crippen LogP contribution in [0.1, 0.15) is 16.1 Å². The number of nitriles is 1. The molecular formula is C18H16N4OS. The zero-order chi connectivity index (χ0) is 16.8. The first-order valence-electron chi connectivity index (χ1n) is 7.43. The zero-order valence-electron chi connectivity index (χ0n) is 13.2. The third kappa shape index (κ3) is 3.70. The standard InChI is InChI=1S/C18H16N4OS/c1-23-17-7-3-2-5-14(17)12-22(13-16-6-4-10-24-16)18-9-8-15(11-19)20-21-18/h2-10H,12-13H2,1H3. The molecule has 24 heavy (non-hydrogen) atoms. The maximum absolute atomic E-state index is 8.90. The van der Waals surface area contributed by atoms with Crippen molar-refractivity contribution in [2.45, 2.75) is 13.1 Å². The van der Waals surface area contributed by atoms with E-state index in [-0.39, 0.29) is 0 Å². The number of nitrogens with zero attached hydrogens (tertiary/aromatic N) is 4. The summed E-state index contributed by atoms with van der Waals surface area (Å²) in [6, 6.07) is 17.6. The molecule has 2 aromatic heterocycles. The highest BCUT2D eigenvalue weighted by atomic mass is 32.1. The van der Waals surface area contributed by atoms with E-state index < -0.39 is 0 Å².